The van der Waals surface area contributed by atoms with Crippen molar-refractivity contribution in [1.82, 2.24) is 10.3 Å². The molecule has 0 saturated carbocycles. The van der Waals surface area contributed by atoms with Crippen LogP contribution < -0.4 is 5.32 Å². The fourth-order valence-corrected chi connectivity index (χ4v) is 2.16. The van der Waals surface area contributed by atoms with Gasteiger partial charge in [0.25, 0.3) is 5.91 Å². The molecule has 0 aliphatic rings. The summed E-state index contributed by atoms with van der Waals surface area (Å²) in [5.41, 5.74) is 1.36. The highest BCUT2D eigenvalue weighted by Gasteiger charge is 2.14. The van der Waals surface area contributed by atoms with E-state index >= 15 is 0 Å². The van der Waals surface area contributed by atoms with Crippen molar-refractivity contribution in [3.63, 3.8) is 0 Å². The number of carbonyl (C=O) groups excluding carboxylic acids is 1. The molecule has 1 atom stereocenters. The van der Waals surface area contributed by atoms with Crippen LogP contribution in [0.5, 0.6) is 5.75 Å². The number of methoxy groups -OCH3 is 1. The van der Waals surface area contributed by atoms with Crippen LogP contribution in [-0.4, -0.2) is 41.0 Å². The highest BCUT2D eigenvalue weighted by Crippen LogP contribution is 2.26. The van der Waals surface area contributed by atoms with Crippen LogP contribution >= 0.6 is 11.6 Å². The highest BCUT2D eigenvalue weighted by atomic mass is 35.5. The molecule has 7 heteroatoms. The third kappa shape index (κ3) is 4.66. The van der Waals surface area contributed by atoms with Crippen LogP contribution in [0.15, 0.2) is 36.5 Å². The summed E-state index contributed by atoms with van der Waals surface area (Å²) in [6.45, 7) is 0.199. The number of aromatic hydroxyl groups is 1. The first kappa shape index (κ1) is 17.2. The molecular formula is C16H17ClN2O4. The van der Waals surface area contributed by atoms with Crippen molar-refractivity contribution in [3.05, 3.63) is 47.2 Å². The SMILES string of the molecule is COC(O)CCNC(=O)c1ncc(-c2cccc(Cl)c2)cc1O. The molecular weight excluding hydrogens is 320 g/mol. The van der Waals surface area contributed by atoms with Crippen molar-refractivity contribution in [1.29, 1.82) is 0 Å². The molecule has 0 aliphatic carbocycles. The summed E-state index contributed by atoms with van der Waals surface area (Å²) in [7, 11) is 1.37. The van der Waals surface area contributed by atoms with E-state index in [1.165, 1.54) is 19.4 Å². The summed E-state index contributed by atoms with van der Waals surface area (Å²) in [6, 6.07) is 8.56. The fraction of sp³-hybridized carbons (Fsp3) is 0.250. The van der Waals surface area contributed by atoms with E-state index < -0.39 is 12.2 Å². The van der Waals surface area contributed by atoms with E-state index in [-0.39, 0.29) is 24.4 Å². The number of hydrogen-bond acceptors (Lipinski definition) is 5. The minimum atomic E-state index is -0.943. The molecule has 0 fully saturated rings. The Bertz CT molecular complexity index is 694. The number of nitrogens with zero attached hydrogens (tertiary/aromatic N) is 1. The normalized spacial score (nSPS) is 12.0. The van der Waals surface area contributed by atoms with Crippen LogP contribution in [0.4, 0.5) is 0 Å². The number of carbonyl (C=O) groups is 1. The van der Waals surface area contributed by atoms with Gasteiger partial charge in [-0.2, -0.15) is 0 Å². The van der Waals surface area contributed by atoms with Gasteiger partial charge in [-0.1, -0.05) is 23.7 Å². The van der Waals surface area contributed by atoms with Crippen LogP contribution in [0.3, 0.4) is 0 Å². The standard InChI is InChI=1S/C16H17ClN2O4/c1-23-14(21)5-6-18-16(22)15-13(20)8-11(9-19-15)10-3-2-4-12(17)7-10/h2-4,7-9,14,20-21H,5-6H2,1H3,(H,18,22). The molecule has 0 spiro atoms. The summed E-state index contributed by atoms with van der Waals surface area (Å²) in [5.74, 6) is -0.754. The number of aliphatic hydroxyl groups excluding tert-OH is 1. The summed E-state index contributed by atoms with van der Waals surface area (Å²) in [5, 5.41) is 22.4. The quantitative estimate of drug-likeness (QED) is 0.703. The number of aromatic nitrogens is 1. The number of hydrogen-bond donors (Lipinski definition) is 3. The summed E-state index contributed by atoms with van der Waals surface area (Å²) in [4.78, 5) is 16.0. The van der Waals surface area contributed by atoms with E-state index in [0.717, 1.165) is 5.56 Å². The zero-order valence-corrected chi connectivity index (χ0v) is 13.2. The van der Waals surface area contributed by atoms with Crippen LogP contribution in [0.1, 0.15) is 16.9 Å². The van der Waals surface area contributed by atoms with Gasteiger partial charge in [0.2, 0.25) is 0 Å². The maximum atomic E-state index is 12.0. The lowest BCUT2D eigenvalue weighted by Crippen LogP contribution is -2.28. The van der Waals surface area contributed by atoms with Crippen molar-refractivity contribution in [3.8, 4) is 16.9 Å². The molecule has 0 radical (unpaired) electrons. The van der Waals surface area contributed by atoms with E-state index in [1.807, 2.05) is 6.07 Å². The number of ether oxygens (including phenoxy) is 1. The van der Waals surface area contributed by atoms with Crippen molar-refractivity contribution < 1.29 is 19.7 Å². The lowest BCUT2D eigenvalue weighted by atomic mass is 10.1. The smallest absolute Gasteiger partial charge is 0.273 e. The van der Waals surface area contributed by atoms with Gasteiger partial charge < -0.3 is 20.3 Å². The minimum Gasteiger partial charge on any atom is -0.505 e. The Morgan fingerprint density at radius 3 is 2.83 bits per heavy atom. The summed E-state index contributed by atoms with van der Waals surface area (Å²) >= 11 is 5.93. The Morgan fingerprint density at radius 2 is 2.17 bits per heavy atom. The largest absolute Gasteiger partial charge is 0.505 e. The van der Waals surface area contributed by atoms with Crippen molar-refractivity contribution in [2.75, 3.05) is 13.7 Å². The van der Waals surface area contributed by atoms with Gasteiger partial charge in [-0.3, -0.25) is 4.79 Å². The van der Waals surface area contributed by atoms with Crippen LogP contribution in [0, 0.1) is 0 Å². The van der Waals surface area contributed by atoms with Gasteiger partial charge in [-0.05, 0) is 23.8 Å². The predicted molar refractivity (Wildman–Crippen MR) is 86.3 cm³/mol. The van der Waals surface area contributed by atoms with Crippen molar-refractivity contribution in [2.45, 2.75) is 12.7 Å². The number of pyridine rings is 1. The lowest BCUT2D eigenvalue weighted by Gasteiger charge is -2.10. The highest BCUT2D eigenvalue weighted by molar-refractivity contribution is 6.30. The first-order chi connectivity index (χ1) is 11.0. The molecule has 122 valence electrons. The molecule has 0 bridgehead atoms. The number of rotatable bonds is 6. The second-order valence-electron chi connectivity index (χ2n) is 4.84. The minimum absolute atomic E-state index is 0.0808. The van der Waals surface area contributed by atoms with E-state index in [0.29, 0.717) is 10.6 Å². The molecule has 1 unspecified atom stereocenters. The van der Waals surface area contributed by atoms with Gasteiger partial charge in [-0.25, -0.2) is 4.98 Å². The average Bonchev–Trinajstić information content (AvgIpc) is 2.54. The predicted octanol–water partition coefficient (Wildman–Crippen LogP) is 2.19. The van der Waals surface area contributed by atoms with Crippen molar-refractivity contribution >= 4 is 17.5 Å². The molecule has 2 aromatic rings. The van der Waals surface area contributed by atoms with Gasteiger partial charge in [0.05, 0.1) is 0 Å². The molecule has 0 aliphatic heterocycles. The number of nitrogens with one attached hydrogen (secondary N) is 1. The topological polar surface area (TPSA) is 91.7 Å². The number of benzene rings is 1. The summed E-state index contributed by atoms with van der Waals surface area (Å²) in [6.07, 6.45) is 0.788. The Morgan fingerprint density at radius 1 is 1.39 bits per heavy atom. The van der Waals surface area contributed by atoms with Crippen molar-refractivity contribution in [2.24, 2.45) is 0 Å². The van der Waals surface area contributed by atoms with Gasteiger partial charge in [-0.15, -0.1) is 0 Å². The number of aliphatic hydroxyl groups is 1. The Balaban J connectivity index is 2.08. The Kier molecular flexibility index (Phi) is 5.92. The molecule has 1 heterocycles. The molecule has 3 N–H and O–H groups in total. The molecule has 1 aromatic heterocycles. The third-order valence-corrected chi connectivity index (χ3v) is 3.42. The molecule has 0 saturated heterocycles. The van der Waals surface area contributed by atoms with Crippen LogP contribution in [0.2, 0.25) is 5.02 Å². The first-order valence-corrected chi connectivity index (χ1v) is 7.33. The average molecular weight is 337 g/mol. The molecule has 6 nitrogen and oxygen atoms in total. The Labute approximate surface area is 138 Å². The summed E-state index contributed by atoms with van der Waals surface area (Å²) < 4.78 is 4.66. The monoisotopic (exact) mass is 336 g/mol. The maximum Gasteiger partial charge on any atom is 0.273 e. The zero-order valence-electron chi connectivity index (χ0n) is 12.5. The van der Waals surface area contributed by atoms with E-state index in [4.69, 9.17) is 11.6 Å². The number of halogens is 1. The zero-order chi connectivity index (χ0) is 16.8. The maximum absolute atomic E-state index is 12.0. The first-order valence-electron chi connectivity index (χ1n) is 6.95. The van der Waals surface area contributed by atoms with E-state index in [1.54, 1.807) is 18.2 Å². The second-order valence-corrected chi connectivity index (χ2v) is 5.27. The van der Waals surface area contributed by atoms with E-state index in [2.05, 4.69) is 15.0 Å². The van der Waals surface area contributed by atoms with Gasteiger partial charge in [0.1, 0.15) is 5.75 Å². The fourth-order valence-electron chi connectivity index (χ4n) is 1.96. The third-order valence-electron chi connectivity index (χ3n) is 3.19. The van der Waals surface area contributed by atoms with Crippen LogP contribution in [-0.2, 0) is 4.74 Å². The van der Waals surface area contributed by atoms with Gasteiger partial charge in [0.15, 0.2) is 12.0 Å². The molecule has 1 aromatic carbocycles. The lowest BCUT2D eigenvalue weighted by molar-refractivity contribution is -0.0770. The van der Waals surface area contributed by atoms with Gasteiger partial charge >= 0.3 is 0 Å². The second kappa shape index (κ2) is 7.92. The Hall–Kier alpha value is -2.15. The van der Waals surface area contributed by atoms with Gasteiger partial charge in [0, 0.05) is 36.9 Å². The van der Waals surface area contributed by atoms with Crippen LogP contribution in [0.25, 0.3) is 11.1 Å². The molecule has 2 rings (SSSR count). The molecule has 1 amide bonds. The van der Waals surface area contributed by atoms with E-state index in [9.17, 15) is 15.0 Å². The number of amides is 1. The molecule has 23 heavy (non-hydrogen) atoms.